The molecular formula is C18H31ClN4. The van der Waals surface area contributed by atoms with E-state index >= 15 is 0 Å². The molecule has 0 amide bonds. The molecule has 5 unspecified atom stereocenters. The van der Waals surface area contributed by atoms with Gasteiger partial charge in [0.15, 0.2) is 0 Å². The van der Waals surface area contributed by atoms with Crippen molar-refractivity contribution in [3.8, 4) is 0 Å². The van der Waals surface area contributed by atoms with E-state index in [4.69, 9.17) is 16.6 Å². The molecule has 4 aliphatic rings. The predicted molar refractivity (Wildman–Crippen MR) is 96.5 cm³/mol. The summed E-state index contributed by atoms with van der Waals surface area (Å²) in [7, 11) is 2.23. The van der Waals surface area contributed by atoms with E-state index in [1.165, 1.54) is 37.9 Å². The highest BCUT2D eigenvalue weighted by atomic mass is 35.5. The molecule has 2 aliphatic heterocycles. The first-order chi connectivity index (χ1) is 11.2. The van der Waals surface area contributed by atoms with Gasteiger partial charge >= 0.3 is 0 Å². The number of rotatable bonds is 0. The standard InChI is InChI=1S/C18H31ClN4/c1-22-8-10-23(11-9-22)18-14-4-2-3-5-15(14)20-16-7-6-13(19)12-17(16)21-18/h13-17,20H,2-12H2,1H3. The molecule has 130 valence electrons. The van der Waals surface area contributed by atoms with Crippen LogP contribution in [0.5, 0.6) is 0 Å². The van der Waals surface area contributed by atoms with Crippen LogP contribution in [-0.4, -0.2) is 72.4 Å². The maximum absolute atomic E-state index is 6.48. The lowest BCUT2D eigenvalue weighted by molar-refractivity contribution is 0.200. The molecule has 1 N–H and O–H groups in total. The third kappa shape index (κ3) is 3.40. The van der Waals surface area contributed by atoms with Gasteiger partial charge in [-0.1, -0.05) is 12.8 Å². The molecule has 2 saturated carbocycles. The summed E-state index contributed by atoms with van der Waals surface area (Å²) in [6.45, 7) is 4.60. The van der Waals surface area contributed by atoms with Crippen LogP contribution in [0.3, 0.4) is 0 Å². The topological polar surface area (TPSA) is 30.9 Å². The van der Waals surface area contributed by atoms with E-state index in [1.807, 2.05) is 0 Å². The maximum atomic E-state index is 6.48. The molecule has 0 aromatic heterocycles. The minimum Gasteiger partial charge on any atom is -0.358 e. The molecule has 3 fully saturated rings. The number of likely N-dealkylation sites (N-methyl/N-ethyl adjacent to an activating group) is 1. The highest BCUT2D eigenvalue weighted by molar-refractivity contribution is 6.20. The fraction of sp³-hybridized carbons (Fsp3) is 0.944. The van der Waals surface area contributed by atoms with E-state index in [9.17, 15) is 0 Å². The van der Waals surface area contributed by atoms with E-state index in [-0.39, 0.29) is 0 Å². The molecular weight excluding hydrogens is 308 g/mol. The Labute approximate surface area is 145 Å². The molecule has 5 atom stereocenters. The van der Waals surface area contributed by atoms with Gasteiger partial charge in [-0.2, -0.15) is 0 Å². The summed E-state index contributed by atoms with van der Waals surface area (Å²) in [5, 5.41) is 4.32. The van der Waals surface area contributed by atoms with Crippen LogP contribution in [0.4, 0.5) is 0 Å². The van der Waals surface area contributed by atoms with E-state index in [1.54, 1.807) is 0 Å². The number of halogens is 1. The molecule has 0 radical (unpaired) electrons. The molecule has 0 aromatic carbocycles. The van der Waals surface area contributed by atoms with Crippen LogP contribution in [-0.2, 0) is 0 Å². The van der Waals surface area contributed by atoms with Crippen LogP contribution in [0, 0.1) is 5.92 Å². The number of hydrogen-bond donors (Lipinski definition) is 1. The normalized spacial score (nSPS) is 42.4. The lowest BCUT2D eigenvalue weighted by Crippen LogP contribution is -2.53. The molecule has 2 heterocycles. The highest BCUT2D eigenvalue weighted by Gasteiger charge is 2.40. The van der Waals surface area contributed by atoms with E-state index in [0.29, 0.717) is 29.4 Å². The predicted octanol–water partition coefficient (Wildman–Crippen LogP) is 2.32. The van der Waals surface area contributed by atoms with Crippen molar-refractivity contribution in [1.82, 2.24) is 15.1 Å². The fourth-order valence-electron chi connectivity index (χ4n) is 4.97. The van der Waals surface area contributed by atoms with Crippen molar-refractivity contribution >= 4 is 17.4 Å². The first kappa shape index (κ1) is 16.2. The molecule has 5 heteroatoms. The van der Waals surface area contributed by atoms with Crippen LogP contribution >= 0.6 is 11.6 Å². The van der Waals surface area contributed by atoms with Crippen LogP contribution in [0.25, 0.3) is 0 Å². The van der Waals surface area contributed by atoms with Crippen LogP contribution in [0.15, 0.2) is 4.99 Å². The molecule has 0 spiro atoms. The summed E-state index contributed by atoms with van der Waals surface area (Å²) in [6, 6.07) is 1.59. The monoisotopic (exact) mass is 338 g/mol. The number of piperazine rings is 1. The minimum absolute atomic E-state index is 0.315. The van der Waals surface area contributed by atoms with Gasteiger partial charge in [-0.3, -0.25) is 4.99 Å². The van der Waals surface area contributed by atoms with Gasteiger partial charge < -0.3 is 15.1 Å². The second-order valence-electron chi connectivity index (χ2n) is 8.03. The average molecular weight is 339 g/mol. The zero-order valence-electron chi connectivity index (χ0n) is 14.4. The minimum atomic E-state index is 0.315. The van der Waals surface area contributed by atoms with Gasteiger partial charge in [0.25, 0.3) is 0 Å². The van der Waals surface area contributed by atoms with Crippen molar-refractivity contribution in [2.75, 3.05) is 33.2 Å². The summed E-state index contributed by atoms with van der Waals surface area (Å²) in [5.74, 6) is 2.06. The zero-order chi connectivity index (χ0) is 15.8. The molecule has 2 aliphatic carbocycles. The Balaban J connectivity index is 1.61. The number of aliphatic imine (C=N–C) groups is 1. The molecule has 0 aromatic rings. The molecule has 1 saturated heterocycles. The highest BCUT2D eigenvalue weighted by Crippen LogP contribution is 2.35. The quantitative estimate of drug-likeness (QED) is 0.688. The average Bonchev–Trinajstić information content (AvgIpc) is 2.72. The van der Waals surface area contributed by atoms with E-state index < -0.39 is 0 Å². The van der Waals surface area contributed by atoms with Crippen LogP contribution in [0.2, 0.25) is 0 Å². The fourth-order valence-corrected chi connectivity index (χ4v) is 5.27. The molecule has 23 heavy (non-hydrogen) atoms. The number of amidine groups is 1. The lowest BCUT2D eigenvalue weighted by Gasteiger charge is -2.40. The van der Waals surface area contributed by atoms with Crippen LogP contribution in [0.1, 0.15) is 44.9 Å². The van der Waals surface area contributed by atoms with E-state index in [0.717, 1.165) is 39.0 Å². The van der Waals surface area contributed by atoms with Gasteiger partial charge in [0.05, 0.1) is 6.04 Å². The second-order valence-corrected chi connectivity index (χ2v) is 8.64. The Kier molecular flexibility index (Phi) is 4.84. The van der Waals surface area contributed by atoms with Crippen molar-refractivity contribution < 1.29 is 0 Å². The van der Waals surface area contributed by atoms with Gasteiger partial charge in [0.2, 0.25) is 0 Å². The summed E-state index contributed by atoms with van der Waals surface area (Å²) < 4.78 is 0. The van der Waals surface area contributed by atoms with Crippen molar-refractivity contribution in [2.45, 2.75) is 68.4 Å². The SMILES string of the molecule is CN1CCN(C2=NC3CC(Cl)CCC3NC3CCCCC23)CC1. The molecule has 0 bridgehead atoms. The Morgan fingerprint density at radius 2 is 1.78 bits per heavy atom. The molecule has 4 nitrogen and oxygen atoms in total. The Morgan fingerprint density at radius 1 is 1.00 bits per heavy atom. The smallest absolute Gasteiger partial charge is 0.104 e. The van der Waals surface area contributed by atoms with Crippen molar-refractivity contribution in [1.29, 1.82) is 0 Å². The Hall–Kier alpha value is -0.320. The summed E-state index contributed by atoms with van der Waals surface area (Å²) in [6.07, 6.45) is 8.77. The molecule has 4 rings (SSSR count). The summed E-state index contributed by atoms with van der Waals surface area (Å²) >= 11 is 6.48. The summed E-state index contributed by atoms with van der Waals surface area (Å²) in [4.78, 5) is 10.4. The number of hydrogen-bond acceptors (Lipinski definition) is 4. The largest absolute Gasteiger partial charge is 0.358 e. The van der Waals surface area contributed by atoms with Gasteiger partial charge in [0, 0.05) is 49.6 Å². The lowest BCUT2D eigenvalue weighted by atomic mass is 9.82. The van der Waals surface area contributed by atoms with Crippen molar-refractivity contribution in [2.24, 2.45) is 10.9 Å². The Morgan fingerprint density at radius 3 is 2.61 bits per heavy atom. The van der Waals surface area contributed by atoms with Gasteiger partial charge in [-0.05, 0) is 39.2 Å². The van der Waals surface area contributed by atoms with Crippen molar-refractivity contribution in [3.05, 3.63) is 0 Å². The van der Waals surface area contributed by atoms with Gasteiger partial charge in [0.1, 0.15) is 5.84 Å². The van der Waals surface area contributed by atoms with Crippen LogP contribution < -0.4 is 5.32 Å². The van der Waals surface area contributed by atoms with E-state index in [2.05, 4.69) is 22.2 Å². The zero-order valence-corrected chi connectivity index (χ0v) is 15.1. The first-order valence-corrected chi connectivity index (χ1v) is 10.1. The first-order valence-electron chi connectivity index (χ1n) is 9.62. The third-order valence-corrected chi connectivity index (χ3v) is 6.80. The third-order valence-electron chi connectivity index (χ3n) is 6.40. The number of nitrogens with zero attached hydrogens (tertiary/aromatic N) is 3. The summed E-state index contributed by atoms with van der Waals surface area (Å²) in [5.41, 5.74) is 0. The number of alkyl halides is 1. The number of fused-ring (bicyclic) bond motifs is 2. The second kappa shape index (κ2) is 6.89. The Bertz CT molecular complexity index is 446. The van der Waals surface area contributed by atoms with Crippen molar-refractivity contribution in [3.63, 3.8) is 0 Å². The maximum Gasteiger partial charge on any atom is 0.104 e. The van der Waals surface area contributed by atoms with Gasteiger partial charge in [-0.15, -0.1) is 11.6 Å². The number of nitrogens with one attached hydrogen (secondary N) is 1. The van der Waals surface area contributed by atoms with Gasteiger partial charge in [-0.25, -0.2) is 0 Å².